The van der Waals surface area contributed by atoms with E-state index in [0.717, 1.165) is 32.2 Å². The van der Waals surface area contributed by atoms with E-state index in [1.807, 2.05) is 43.3 Å². The van der Waals surface area contributed by atoms with Crippen LogP contribution in [0.15, 0.2) is 66.9 Å². The number of sulfonamides is 1. The van der Waals surface area contributed by atoms with E-state index in [4.69, 9.17) is 0 Å². The van der Waals surface area contributed by atoms with Crippen molar-refractivity contribution in [3.8, 4) is 11.3 Å². The number of halogens is 3. The summed E-state index contributed by atoms with van der Waals surface area (Å²) in [6.07, 6.45) is -2.34. The van der Waals surface area contributed by atoms with Crippen LogP contribution in [-0.2, 0) is 15.6 Å². The van der Waals surface area contributed by atoms with E-state index < -0.39 is 33.1 Å². The number of thiophene rings is 1. The Morgan fingerprint density at radius 2 is 1.81 bits per heavy atom. The Morgan fingerprint density at radius 1 is 1.08 bits per heavy atom. The number of nitrogens with zero attached hydrogens (tertiary/aromatic N) is 1. The third-order valence-corrected chi connectivity index (χ3v) is 9.90. The van der Waals surface area contributed by atoms with E-state index >= 15 is 0 Å². The lowest BCUT2D eigenvalue weighted by atomic mass is 9.94. The molecule has 0 aliphatic heterocycles. The quantitative estimate of drug-likeness (QED) is 0.289. The Morgan fingerprint density at radius 3 is 2.49 bits per heavy atom. The highest BCUT2D eigenvalue weighted by Gasteiger charge is 2.51. The number of hydrogen-bond acceptors (Lipinski definition) is 5. The highest BCUT2D eigenvalue weighted by Crippen LogP contribution is 2.42. The van der Waals surface area contributed by atoms with Crippen molar-refractivity contribution in [2.45, 2.75) is 49.8 Å². The third kappa shape index (κ3) is 4.90. The molecular weight excluding hydrogens is 521 g/mol. The Hall–Kier alpha value is -2.79. The first-order valence-electron chi connectivity index (χ1n) is 11.7. The van der Waals surface area contributed by atoms with Crippen molar-refractivity contribution >= 4 is 31.4 Å². The molecule has 10 heteroatoms. The van der Waals surface area contributed by atoms with Crippen LogP contribution in [0.5, 0.6) is 0 Å². The summed E-state index contributed by atoms with van der Waals surface area (Å²) in [7, 11) is -3.53. The SMILES string of the molecule is Cc1ccccc1[C@@H](NS(=O)(=O)C1CC1)c1cc2cccc(-c3cc([C@@](C)(O)C(F)(F)F)ccn3)c2s1. The van der Waals surface area contributed by atoms with Crippen LogP contribution in [0.2, 0.25) is 0 Å². The number of aliphatic hydroxyl groups is 1. The Labute approximate surface area is 217 Å². The number of benzene rings is 2. The van der Waals surface area contributed by atoms with Gasteiger partial charge in [-0.2, -0.15) is 13.2 Å². The standard InChI is InChI=1S/C27H25F3N2O3S2/c1-16-6-3-4-8-20(16)24(32-37(34,35)19-10-11-19)23-14-17-7-5-9-21(25(17)36-23)22-15-18(12-13-31-22)26(2,33)27(28,29)30/h3-9,12-15,19,24,32-33H,10-11H2,1-2H3/t24-,26-/m1/s1. The lowest BCUT2D eigenvalue weighted by molar-refractivity contribution is -0.258. The molecule has 2 atom stereocenters. The molecule has 194 valence electrons. The number of aryl methyl sites for hydroxylation is 1. The zero-order chi connectivity index (χ0) is 26.6. The van der Waals surface area contributed by atoms with Gasteiger partial charge in [0.15, 0.2) is 5.60 Å². The van der Waals surface area contributed by atoms with Gasteiger partial charge in [0, 0.05) is 21.3 Å². The Bertz CT molecular complexity index is 1580. The summed E-state index contributed by atoms with van der Waals surface area (Å²) in [6, 6.07) is 16.7. The van der Waals surface area contributed by atoms with Gasteiger partial charge >= 0.3 is 6.18 Å². The molecule has 2 N–H and O–H groups in total. The topological polar surface area (TPSA) is 79.3 Å². The van der Waals surface area contributed by atoms with E-state index in [-0.39, 0.29) is 11.3 Å². The summed E-state index contributed by atoms with van der Waals surface area (Å²) in [6.45, 7) is 2.64. The van der Waals surface area contributed by atoms with Gasteiger partial charge in [-0.25, -0.2) is 13.1 Å². The lowest BCUT2D eigenvalue weighted by Crippen LogP contribution is -2.39. The van der Waals surface area contributed by atoms with Crippen molar-refractivity contribution in [3.05, 3.63) is 88.4 Å². The highest BCUT2D eigenvalue weighted by molar-refractivity contribution is 7.90. The summed E-state index contributed by atoms with van der Waals surface area (Å²) < 4.78 is 69.9. The van der Waals surface area contributed by atoms with E-state index in [1.54, 1.807) is 12.1 Å². The van der Waals surface area contributed by atoms with Gasteiger partial charge in [-0.15, -0.1) is 11.3 Å². The number of aromatic nitrogens is 1. The molecule has 5 nitrogen and oxygen atoms in total. The number of fused-ring (bicyclic) bond motifs is 1. The van der Waals surface area contributed by atoms with Crippen molar-refractivity contribution in [1.29, 1.82) is 0 Å². The summed E-state index contributed by atoms with van der Waals surface area (Å²) in [5.74, 6) is 0. The maximum Gasteiger partial charge on any atom is 0.421 e. The normalized spacial score (nSPS) is 17.0. The first-order valence-corrected chi connectivity index (χ1v) is 14.1. The Kier molecular flexibility index (Phi) is 6.42. The van der Waals surface area contributed by atoms with Gasteiger partial charge in [-0.1, -0.05) is 42.5 Å². The summed E-state index contributed by atoms with van der Waals surface area (Å²) in [5.41, 5.74) is -0.687. The molecule has 0 radical (unpaired) electrons. The van der Waals surface area contributed by atoms with Crippen LogP contribution in [0.1, 0.15) is 47.4 Å². The molecule has 2 heterocycles. The second-order valence-electron chi connectivity index (χ2n) is 9.52. The van der Waals surface area contributed by atoms with Crippen LogP contribution in [0, 0.1) is 6.92 Å². The average molecular weight is 547 g/mol. The molecule has 37 heavy (non-hydrogen) atoms. The molecule has 0 amide bonds. The smallest absolute Gasteiger partial charge is 0.376 e. The molecule has 1 saturated carbocycles. The van der Waals surface area contributed by atoms with Crippen LogP contribution < -0.4 is 4.72 Å². The molecule has 1 aliphatic carbocycles. The second kappa shape index (κ2) is 9.20. The largest absolute Gasteiger partial charge is 0.421 e. The van der Waals surface area contributed by atoms with E-state index in [1.165, 1.54) is 23.6 Å². The molecule has 2 aromatic heterocycles. The fourth-order valence-electron chi connectivity index (χ4n) is 4.30. The number of alkyl halides is 3. The van der Waals surface area contributed by atoms with Gasteiger partial charge in [0.25, 0.3) is 0 Å². The predicted octanol–water partition coefficient (Wildman–Crippen LogP) is 6.21. The van der Waals surface area contributed by atoms with Gasteiger partial charge < -0.3 is 5.11 Å². The zero-order valence-corrected chi connectivity index (χ0v) is 21.7. The highest BCUT2D eigenvalue weighted by atomic mass is 32.2. The van der Waals surface area contributed by atoms with E-state index in [2.05, 4.69) is 9.71 Å². The van der Waals surface area contributed by atoms with Gasteiger partial charge in [0.1, 0.15) is 0 Å². The maximum atomic E-state index is 13.5. The lowest BCUT2D eigenvalue weighted by Gasteiger charge is -2.26. The van der Waals surface area contributed by atoms with Crippen LogP contribution in [0.3, 0.4) is 0 Å². The second-order valence-corrected chi connectivity index (χ2v) is 12.6. The molecule has 0 saturated heterocycles. The van der Waals surface area contributed by atoms with Crippen molar-refractivity contribution in [1.82, 2.24) is 9.71 Å². The van der Waals surface area contributed by atoms with Crippen molar-refractivity contribution in [3.63, 3.8) is 0 Å². The molecule has 1 fully saturated rings. The number of pyridine rings is 1. The maximum absolute atomic E-state index is 13.5. The minimum Gasteiger partial charge on any atom is -0.376 e. The van der Waals surface area contributed by atoms with Crippen molar-refractivity contribution in [2.75, 3.05) is 0 Å². The van der Waals surface area contributed by atoms with Crippen LogP contribution in [0.25, 0.3) is 21.3 Å². The monoisotopic (exact) mass is 546 g/mol. The zero-order valence-electron chi connectivity index (χ0n) is 20.1. The summed E-state index contributed by atoms with van der Waals surface area (Å²) >= 11 is 1.37. The van der Waals surface area contributed by atoms with Crippen LogP contribution in [-0.4, -0.2) is 29.9 Å². The first kappa shape index (κ1) is 25.8. The Balaban J connectivity index is 1.62. The van der Waals surface area contributed by atoms with E-state index in [0.29, 0.717) is 25.3 Å². The number of hydrogen-bond donors (Lipinski definition) is 2. The molecule has 5 rings (SSSR count). The molecule has 2 aromatic carbocycles. The molecule has 4 aromatic rings. The average Bonchev–Trinajstić information content (AvgIpc) is 3.62. The number of rotatable bonds is 7. The van der Waals surface area contributed by atoms with Gasteiger partial charge in [0.05, 0.1) is 17.0 Å². The third-order valence-electron chi connectivity index (χ3n) is 6.74. The predicted molar refractivity (Wildman–Crippen MR) is 139 cm³/mol. The van der Waals surface area contributed by atoms with E-state index in [9.17, 15) is 26.7 Å². The van der Waals surface area contributed by atoms with Gasteiger partial charge in [0.2, 0.25) is 10.0 Å². The van der Waals surface area contributed by atoms with Crippen LogP contribution >= 0.6 is 11.3 Å². The molecule has 1 aliphatic rings. The van der Waals surface area contributed by atoms with Crippen molar-refractivity contribution in [2.24, 2.45) is 0 Å². The fourth-order valence-corrected chi connectivity index (χ4v) is 7.15. The van der Waals surface area contributed by atoms with Crippen LogP contribution in [0.4, 0.5) is 13.2 Å². The molecule has 0 unspecified atom stereocenters. The van der Waals surface area contributed by atoms with Gasteiger partial charge in [-0.05, 0) is 67.0 Å². The number of nitrogens with one attached hydrogen (secondary N) is 1. The van der Waals surface area contributed by atoms with Crippen molar-refractivity contribution < 1.29 is 26.7 Å². The molecular formula is C27H25F3N2O3S2. The first-order chi connectivity index (χ1) is 17.4. The summed E-state index contributed by atoms with van der Waals surface area (Å²) in [4.78, 5) is 5.05. The fraction of sp³-hybridized carbons (Fsp3) is 0.296. The minimum atomic E-state index is -4.85. The minimum absolute atomic E-state index is 0.284. The molecule has 0 bridgehead atoms. The van der Waals surface area contributed by atoms with Gasteiger partial charge in [-0.3, -0.25) is 4.98 Å². The molecule has 0 spiro atoms. The summed E-state index contributed by atoms with van der Waals surface area (Å²) in [5, 5.41) is 10.6.